The van der Waals surface area contributed by atoms with Gasteiger partial charge in [-0.3, -0.25) is 4.57 Å². The summed E-state index contributed by atoms with van der Waals surface area (Å²) in [7, 11) is 0. The van der Waals surface area contributed by atoms with Crippen molar-refractivity contribution in [2.24, 2.45) is 5.73 Å². The molecule has 5 heteroatoms. The Morgan fingerprint density at radius 2 is 1.50 bits per heavy atom. The largest absolute Gasteiger partial charge is 0.366 e. The van der Waals surface area contributed by atoms with Crippen LogP contribution in [0.4, 0.5) is 5.82 Å². The molecule has 168 valence electrons. The topological polar surface area (TPSA) is 68.8 Å². The first-order chi connectivity index (χ1) is 16.7. The van der Waals surface area contributed by atoms with Crippen molar-refractivity contribution in [1.82, 2.24) is 14.5 Å². The first kappa shape index (κ1) is 20.6. The summed E-state index contributed by atoms with van der Waals surface area (Å²) in [5.41, 5.74) is 12.6. The smallest absolute Gasteiger partial charge is 0.167 e. The fraction of sp³-hybridized carbons (Fsp3) is 0.172. The number of anilines is 1. The van der Waals surface area contributed by atoms with E-state index in [-0.39, 0.29) is 5.54 Å². The SMILES string of the molecule is NC1(c2ccc(-n3c(-c4ccccc4)nc4ccc(NCc5ccccc5)nc43)cc2)CCC1. The molecule has 0 atom stereocenters. The zero-order valence-electron chi connectivity index (χ0n) is 19.0. The molecule has 0 amide bonds. The molecule has 0 radical (unpaired) electrons. The molecule has 1 aliphatic rings. The predicted molar refractivity (Wildman–Crippen MR) is 138 cm³/mol. The van der Waals surface area contributed by atoms with Crippen molar-refractivity contribution in [3.05, 3.63) is 108 Å². The van der Waals surface area contributed by atoms with Gasteiger partial charge in [-0.15, -0.1) is 0 Å². The molecule has 3 aromatic carbocycles. The Bertz CT molecular complexity index is 1420. The van der Waals surface area contributed by atoms with Crippen LogP contribution in [0.3, 0.4) is 0 Å². The van der Waals surface area contributed by atoms with Crippen LogP contribution in [0.25, 0.3) is 28.2 Å². The van der Waals surface area contributed by atoms with Crippen molar-refractivity contribution in [2.45, 2.75) is 31.3 Å². The Hall–Kier alpha value is -3.96. The van der Waals surface area contributed by atoms with E-state index in [0.29, 0.717) is 6.54 Å². The number of nitrogens with two attached hydrogens (primary N) is 1. The molecule has 5 nitrogen and oxygen atoms in total. The van der Waals surface area contributed by atoms with Gasteiger partial charge in [0.25, 0.3) is 0 Å². The molecule has 0 saturated heterocycles. The number of imidazole rings is 1. The van der Waals surface area contributed by atoms with Crippen LogP contribution in [0.2, 0.25) is 0 Å². The minimum absolute atomic E-state index is 0.176. The molecule has 0 unspecified atom stereocenters. The summed E-state index contributed by atoms with van der Waals surface area (Å²) in [6.07, 6.45) is 3.30. The van der Waals surface area contributed by atoms with Crippen molar-refractivity contribution < 1.29 is 0 Å². The maximum atomic E-state index is 6.57. The number of nitrogens with one attached hydrogen (secondary N) is 1. The van der Waals surface area contributed by atoms with Crippen LogP contribution in [0, 0.1) is 0 Å². The third-order valence-electron chi connectivity index (χ3n) is 6.80. The van der Waals surface area contributed by atoms with Crippen LogP contribution >= 0.6 is 0 Å². The number of aromatic nitrogens is 3. The molecule has 34 heavy (non-hydrogen) atoms. The van der Waals surface area contributed by atoms with Crippen molar-refractivity contribution in [3.63, 3.8) is 0 Å². The van der Waals surface area contributed by atoms with Gasteiger partial charge >= 0.3 is 0 Å². The van der Waals surface area contributed by atoms with E-state index in [9.17, 15) is 0 Å². The van der Waals surface area contributed by atoms with Crippen LogP contribution < -0.4 is 11.1 Å². The van der Waals surface area contributed by atoms with Crippen molar-refractivity contribution >= 4 is 17.0 Å². The van der Waals surface area contributed by atoms with E-state index >= 15 is 0 Å². The van der Waals surface area contributed by atoms with E-state index in [1.807, 2.05) is 48.5 Å². The molecule has 0 bridgehead atoms. The summed E-state index contributed by atoms with van der Waals surface area (Å²) in [4.78, 5) is 9.94. The second-order valence-corrected chi connectivity index (χ2v) is 9.07. The number of rotatable bonds is 6. The van der Waals surface area contributed by atoms with Crippen LogP contribution in [-0.2, 0) is 12.1 Å². The van der Waals surface area contributed by atoms with Gasteiger partial charge in [0, 0.05) is 23.3 Å². The standard InChI is InChI=1S/C29H27N5/c30-29(18-7-19-29)23-12-14-24(15-13-23)34-27(22-10-5-2-6-11-22)32-25-16-17-26(33-28(25)34)31-20-21-8-3-1-4-9-21/h1-6,8-17H,7,18-20,30H2,(H,31,33). The van der Waals surface area contributed by atoms with Gasteiger partial charge in [0.05, 0.1) is 0 Å². The maximum absolute atomic E-state index is 6.57. The van der Waals surface area contributed by atoms with Crippen molar-refractivity contribution in [1.29, 1.82) is 0 Å². The van der Waals surface area contributed by atoms with E-state index in [0.717, 1.165) is 46.9 Å². The molecular formula is C29H27N5. The summed E-state index contributed by atoms with van der Waals surface area (Å²) in [6, 6.07) is 33.3. The van der Waals surface area contributed by atoms with Crippen molar-refractivity contribution in [2.75, 3.05) is 5.32 Å². The monoisotopic (exact) mass is 445 g/mol. The normalized spacial score (nSPS) is 14.6. The van der Waals surface area contributed by atoms with Crippen LogP contribution in [0.1, 0.15) is 30.4 Å². The number of benzene rings is 3. The van der Waals surface area contributed by atoms with E-state index < -0.39 is 0 Å². The van der Waals surface area contributed by atoms with Gasteiger partial charge in [-0.25, -0.2) is 9.97 Å². The summed E-state index contributed by atoms with van der Waals surface area (Å²) < 4.78 is 2.14. The Morgan fingerprint density at radius 1 is 0.794 bits per heavy atom. The highest BCUT2D eigenvalue weighted by atomic mass is 15.2. The van der Waals surface area contributed by atoms with Gasteiger partial charge in [0.2, 0.25) is 0 Å². The number of hydrogen-bond acceptors (Lipinski definition) is 4. The lowest BCUT2D eigenvalue weighted by molar-refractivity contribution is 0.253. The summed E-state index contributed by atoms with van der Waals surface area (Å²) in [5, 5.41) is 3.46. The van der Waals surface area contributed by atoms with Gasteiger partial charge in [-0.1, -0.05) is 72.8 Å². The molecule has 5 aromatic rings. The van der Waals surface area contributed by atoms with Gasteiger partial charge < -0.3 is 11.1 Å². The second-order valence-electron chi connectivity index (χ2n) is 9.07. The first-order valence-corrected chi connectivity index (χ1v) is 11.8. The van der Waals surface area contributed by atoms with Crippen molar-refractivity contribution in [3.8, 4) is 17.1 Å². The number of pyridine rings is 1. The summed E-state index contributed by atoms with van der Waals surface area (Å²) >= 11 is 0. The Balaban J connectivity index is 1.43. The van der Waals surface area contributed by atoms with Crippen LogP contribution in [0.15, 0.2) is 97.1 Å². The minimum Gasteiger partial charge on any atom is -0.366 e. The van der Waals surface area contributed by atoms with Gasteiger partial charge in [-0.2, -0.15) is 0 Å². The molecule has 2 aromatic heterocycles. The molecule has 0 spiro atoms. The number of nitrogens with zero attached hydrogens (tertiary/aromatic N) is 3. The molecule has 0 aliphatic heterocycles. The third kappa shape index (κ3) is 3.74. The van der Waals surface area contributed by atoms with Gasteiger partial charge in [0.1, 0.15) is 17.2 Å². The molecule has 1 saturated carbocycles. The van der Waals surface area contributed by atoms with E-state index in [1.165, 1.54) is 17.5 Å². The maximum Gasteiger partial charge on any atom is 0.167 e. The zero-order chi connectivity index (χ0) is 23.0. The lowest BCUT2D eigenvalue weighted by Crippen LogP contribution is -2.43. The minimum atomic E-state index is -0.176. The Morgan fingerprint density at radius 3 is 2.18 bits per heavy atom. The molecule has 3 N–H and O–H groups in total. The Labute approximate surface area is 199 Å². The average molecular weight is 446 g/mol. The Kier molecular flexibility index (Phi) is 5.12. The number of hydrogen-bond donors (Lipinski definition) is 2. The summed E-state index contributed by atoms with van der Waals surface area (Å²) in [5.74, 6) is 1.70. The predicted octanol–water partition coefficient (Wildman–Crippen LogP) is 6.04. The number of fused-ring (bicyclic) bond motifs is 1. The molecule has 1 fully saturated rings. The van der Waals surface area contributed by atoms with Crippen LogP contribution in [-0.4, -0.2) is 14.5 Å². The second kappa shape index (κ2) is 8.43. The zero-order valence-corrected chi connectivity index (χ0v) is 19.0. The fourth-order valence-corrected chi connectivity index (χ4v) is 4.66. The average Bonchev–Trinajstić information content (AvgIpc) is 3.26. The third-order valence-corrected chi connectivity index (χ3v) is 6.80. The van der Waals surface area contributed by atoms with Gasteiger partial charge in [-0.05, 0) is 54.7 Å². The molecule has 6 rings (SSSR count). The highest BCUT2D eigenvalue weighted by Gasteiger charge is 2.34. The lowest BCUT2D eigenvalue weighted by Gasteiger charge is -2.38. The molecule has 1 aliphatic carbocycles. The molecule has 2 heterocycles. The fourth-order valence-electron chi connectivity index (χ4n) is 4.66. The molecular weight excluding hydrogens is 418 g/mol. The highest BCUT2D eigenvalue weighted by Crippen LogP contribution is 2.39. The quantitative estimate of drug-likeness (QED) is 0.334. The summed E-state index contributed by atoms with van der Waals surface area (Å²) in [6.45, 7) is 0.715. The first-order valence-electron chi connectivity index (χ1n) is 11.8. The van der Waals surface area contributed by atoms with E-state index in [4.69, 9.17) is 15.7 Å². The van der Waals surface area contributed by atoms with Crippen LogP contribution in [0.5, 0.6) is 0 Å². The van der Waals surface area contributed by atoms with E-state index in [2.05, 4.69) is 58.4 Å². The van der Waals surface area contributed by atoms with E-state index in [1.54, 1.807) is 0 Å². The van der Waals surface area contributed by atoms with Gasteiger partial charge in [0.15, 0.2) is 5.65 Å². The highest BCUT2D eigenvalue weighted by molar-refractivity contribution is 5.81. The lowest BCUT2D eigenvalue weighted by atomic mass is 9.73.